The summed E-state index contributed by atoms with van der Waals surface area (Å²) in [6.45, 7) is 64.2. The van der Waals surface area contributed by atoms with Gasteiger partial charge >= 0.3 is 53.4 Å². The number of carboxylic acids is 5. The molecule has 7 aliphatic carbocycles. The molecule has 0 radical (unpaired) electrons. The number of fused-ring (bicyclic) bond motifs is 5. The molecule has 7 aliphatic rings. The number of anilines is 8. The number of carbonyl (C=O) groups excluding carboxylic acids is 1. The third-order valence-electron chi connectivity index (χ3n) is 30.5. The summed E-state index contributed by atoms with van der Waals surface area (Å²) in [5.74, 6) is -2.55. The van der Waals surface area contributed by atoms with Gasteiger partial charge in [0, 0.05) is 77.1 Å². The largest absolute Gasteiger partial charge is 1.00 e. The summed E-state index contributed by atoms with van der Waals surface area (Å²) >= 11 is 9.25. The molecule has 5 aromatic carbocycles. The fourth-order valence-corrected chi connectivity index (χ4v) is 31.3. The van der Waals surface area contributed by atoms with E-state index in [4.69, 9.17) is 14.9 Å². The number of carboxylic acid groups (broad SMARTS) is 5. The molecule has 4 N–H and O–H groups in total. The van der Waals surface area contributed by atoms with Crippen LogP contribution in [0.1, 0.15) is 369 Å². The van der Waals surface area contributed by atoms with Crippen molar-refractivity contribution in [1.29, 1.82) is 0 Å². The Kier molecular flexibility index (Phi) is 32.0. The standard InChI is InChI=1S/2C24H31NO2S.C23H31NO2S.C23H28O3S.C21H27NO4S2.Na/c2*1-15-19-20(24(4,5)13-12-23(19,2)3)28-21(15)25(14-16-6-7-16)18-10-8-17(9-11-18)22(26)27;1-14(2)24(17-10-8-16(9-11-17)21(25)26)20-15(3)18-19(27-20)23(6,7)13-12-22(18,4)5;1-14-19-21(23(4,5)12-11-22(19,2)3)27-20(14)16-13-15(8-10-18(24)25)7-9-17(16)26-6;1-13-16-17(21(4,5)12-11-20(16,2)3)27-18(13)22(28(6,25)26)15-9-7-14(8-10-15)19(23)24;/h2*8-11,16H,6-7,12-14H2,1-5H3,(H,26,27);8-11,14H,12-13H2,1-7H3,(H,25,26);7-10,13H,11-12H2,1-6H3,(H,24,25);7-10H,11-12H2,1-6H3,(H,23,24);/q;;;;;+1/p-1/b;;;10-8+;;. The number of ether oxygens (including phenoxy) is 1. The van der Waals surface area contributed by atoms with Crippen LogP contribution in [0, 0.1) is 46.5 Å². The zero-order valence-electron chi connectivity index (χ0n) is 87.9. The van der Waals surface area contributed by atoms with Crippen LogP contribution in [0.25, 0.3) is 16.5 Å². The average molecular weight is 2010 g/mol. The number of nitrogens with zero attached hydrogens (tertiary/aromatic N) is 4. The van der Waals surface area contributed by atoms with Crippen LogP contribution in [0.2, 0.25) is 0 Å². The van der Waals surface area contributed by atoms with Gasteiger partial charge in [-0.3, -0.25) is 0 Å². The van der Waals surface area contributed by atoms with Gasteiger partial charge in [-0.15, -0.1) is 56.7 Å². The van der Waals surface area contributed by atoms with E-state index >= 15 is 0 Å². The Morgan fingerprint density at radius 1 is 0.403 bits per heavy atom. The van der Waals surface area contributed by atoms with Crippen LogP contribution in [0.3, 0.4) is 0 Å². The van der Waals surface area contributed by atoms with Crippen LogP contribution in [0.5, 0.6) is 5.75 Å². The Morgan fingerprint density at radius 2 is 0.691 bits per heavy atom. The quantitative estimate of drug-likeness (QED) is 0.0364. The number of aromatic carboxylic acids is 4. The van der Waals surface area contributed by atoms with E-state index in [1.807, 2.05) is 107 Å². The van der Waals surface area contributed by atoms with Crippen molar-refractivity contribution in [2.45, 2.75) is 337 Å². The van der Waals surface area contributed by atoms with Gasteiger partial charge in [0.1, 0.15) is 10.8 Å². The molecule has 10 aromatic rings. The fourth-order valence-electron chi connectivity index (χ4n) is 21.6. The molecular formula is C115H147N4NaO13S6. The monoisotopic (exact) mass is 2010 g/mol. The molecule has 5 aromatic heterocycles. The third kappa shape index (κ3) is 23.1. The minimum absolute atomic E-state index is 0. The maximum absolute atomic E-state index is 12.8. The van der Waals surface area contributed by atoms with Crippen molar-refractivity contribution in [3.05, 3.63) is 229 Å². The van der Waals surface area contributed by atoms with E-state index in [2.05, 4.69) is 195 Å². The number of rotatable bonds is 22. The molecule has 0 saturated heterocycles. The molecule has 2 fully saturated rings. The molecular weight excluding hydrogens is 1860 g/mol. The molecule has 2 saturated carbocycles. The van der Waals surface area contributed by atoms with Gasteiger partial charge in [0.05, 0.1) is 56.7 Å². The predicted molar refractivity (Wildman–Crippen MR) is 575 cm³/mol. The zero-order valence-corrected chi connectivity index (χ0v) is 94.8. The second-order valence-electron chi connectivity index (χ2n) is 46.7. The zero-order chi connectivity index (χ0) is 102. The van der Waals surface area contributed by atoms with Crippen molar-refractivity contribution in [3.63, 3.8) is 0 Å². The maximum Gasteiger partial charge on any atom is 1.00 e. The molecule has 0 spiro atoms. The van der Waals surface area contributed by atoms with E-state index in [0.29, 0.717) is 21.8 Å². The second-order valence-corrected chi connectivity index (χ2v) is 53.5. The van der Waals surface area contributed by atoms with Gasteiger partial charge < -0.3 is 49.8 Å². The first kappa shape index (κ1) is 109. The molecule has 0 aliphatic heterocycles. The number of sulfonamides is 1. The van der Waals surface area contributed by atoms with E-state index in [1.54, 1.807) is 83.5 Å². The summed E-state index contributed by atoms with van der Waals surface area (Å²) in [6, 6.07) is 34.0. The summed E-state index contributed by atoms with van der Waals surface area (Å²) in [4.78, 5) is 71.4. The van der Waals surface area contributed by atoms with Gasteiger partial charge in [-0.2, -0.15) is 0 Å². The van der Waals surface area contributed by atoms with Crippen molar-refractivity contribution in [3.8, 4) is 16.2 Å². The van der Waals surface area contributed by atoms with Crippen LogP contribution in [0.4, 0.5) is 42.8 Å². The van der Waals surface area contributed by atoms with Crippen molar-refractivity contribution in [2.24, 2.45) is 11.8 Å². The van der Waals surface area contributed by atoms with E-state index in [9.17, 15) is 47.7 Å². The minimum atomic E-state index is -3.60. The van der Waals surface area contributed by atoms with Gasteiger partial charge in [-0.25, -0.2) is 31.9 Å². The van der Waals surface area contributed by atoms with Crippen molar-refractivity contribution in [2.75, 3.05) is 45.5 Å². The van der Waals surface area contributed by atoms with Crippen LogP contribution in [-0.2, 0) is 69.0 Å². The van der Waals surface area contributed by atoms with Crippen LogP contribution >= 0.6 is 56.7 Å². The molecule has 0 bridgehead atoms. The molecule has 0 atom stereocenters. The van der Waals surface area contributed by atoms with E-state index in [1.165, 1.54) is 190 Å². The molecule has 742 valence electrons. The first-order valence-electron chi connectivity index (χ1n) is 49.0. The average Bonchev–Trinajstić information content (AvgIpc) is 1.55. The summed E-state index contributed by atoms with van der Waals surface area (Å²) in [5, 5.41) is 52.3. The Bertz CT molecular complexity index is 6260. The van der Waals surface area contributed by atoms with Gasteiger partial charge in [0.15, 0.2) is 0 Å². The minimum Gasteiger partial charge on any atom is -0.545 e. The van der Waals surface area contributed by atoms with E-state index < -0.39 is 39.9 Å². The molecule has 0 amide bonds. The molecule has 17 nitrogen and oxygen atoms in total. The molecule has 5 heterocycles. The van der Waals surface area contributed by atoms with Crippen LogP contribution < -0.4 is 58.4 Å². The topological polar surface area (TPSA) is 246 Å². The molecule has 17 rings (SSSR count). The Labute approximate surface area is 869 Å². The molecule has 139 heavy (non-hydrogen) atoms. The van der Waals surface area contributed by atoms with Crippen molar-refractivity contribution >= 4 is 145 Å². The van der Waals surface area contributed by atoms with E-state index in [0.717, 1.165) is 77.3 Å². The van der Waals surface area contributed by atoms with Crippen molar-refractivity contribution < 1.29 is 92.2 Å². The predicted octanol–water partition coefficient (Wildman–Crippen LogP) is 27.0. The number of thiophene rings is 5. The second kappa shape index (κ2) is 40.7. The maximum atomic E-state index is 12.8. The summed E-state index contributed by atoms with van der Waals surface area (Å²) in [7, 11) is -1.92. The third-order valence-corrected chi connectivity index (χ3v) is 40.0. The van der Waals surface area contributed by atoms with Crippen LogP contribution in [0.15, 0.2) is 121 Å². The Balaban J connectivity index is 0.000000155. The summed E-state index contributed by atoms with van der Waals surface area (Å²) < 4.78 is 32.5. The first-order valence-corrected chi connectivity index (χ1v) is 54.9. The SMILES string of the molecule is COc1ccc(/C=C/C(=O)O)cc1-c1sc2c(c1C)C(C)(C)CCC2(C)C.Cc1c(N(CC2CC2)c2ccc(C(=O)O)cc2)sc2c1C(C)(C)CCC2(C)C.Cc1c(N(CC2CC2)c2ccc(C(=O)[O-])cc2)sc2c1C(C)(C)CCC2(C)C.Cc1c(N(c2ccc(C(=O)O)cc2)C(C)C)sc2c1C(C)(C)CCC2(C)C.Cc1c(N(c2ccc(C(=O)O)cc2)S(C)(=O)=O)sc2c1C(C)(C)CCC2(C)C.[Na+]. The van der Waals surface area contributed by atoms with Gasteiger partial charge in [0.25, 0.3) is 0 Å². The first-order chi connectivity index (χ1) is 64.0. The fraction of sp³-hybridized carbons (Fsp3) is 0.504. The number of carbonyl (C=O) groups is 5. The Hall–Kier alpha value is -8.36. The van der Waals surface area contributed by atoms with Gasteiger partial charge in [-0.05, 0) is 374 Å². The number of benzene rings is 5. The van der Waals surface area contributed by atoms with Crippen LogP contribution in [-0.4, -0.2) is 91.2 Å². The number of methoxy groups -OCH3 is 1. The molecule has 0 unspecified atom stereocenters. The van der Waals surface area contributed by atoms with E-state index in [-0.39, 0.29) is 101 Å². The molecule has 24 heteroatoms. The number of hydrogen-bond donors (Lipinski definition) is 4. The van der Waals surface area contributed by atoms with Crippen molar-refractivity contribution in [1.82, 2.24) is 0 Å². The Morgan fingerprint density at radius 3 is 0.986 bits per heavy atom. The van der Waals surface area contributed by atoms with Gasteiger partial charge in [-0.1, -0.05) is 157 Å². The van der Waals surface area contributed by atoms with Gasteiger partial charge in [0.2, 0.25) is 10.0 Å². The summed E-state index contributed by atoms with van der Waals surface area (Å²) in [6.07, 6.45) is 20.9. The number of hydrogen-bond acceptors (Lipinski definition) is 17. The normalized spacial score (nSPS) is 18.5. The summed E-state index contributed by atoms with van der Waals surface area (Å²) in [5.41, 5.74) is 22.0. The smallest absolute Gasteiger partial charge is 0.545 e. The number of aliphatic carboxylic acids is 1.